The van der Waals surface area contributed by atoms with Crippen LogP contribution in [-0.4, -0.2) is 33.2 Å². The smallest absolute Gasteiger partial charge is 0.228 e. The molecule has 2 aliphatic rings. The molecule has 1 aromatic rings. The lowest BCUT2D eigenvalue weighted by Crippen LogP contribution is -2.47. The van der Waals surface area contributed by atoms with Crippen LogP contribution in [0.3, 0.4) is 0 Å². The zero-order valence-electron chi connectivity index (χ0n) is 14.4. The molecule has 2 fully saturated rings. The van der Waals surface area contributed by atoms with Crippen LogP contribution in [0, 0.1) is 11.3 Å². The molecule has 2 atom stereocenters. The van der Waals surface area contributed by atoms with E-state index in [1.54, 1.807) is 14.2 Å². The van der Waals surface area contributed by atoms with Gasteiger partial charge in [-0.1, -0.05) is 25.0 Å². The molecular formula is C18H27ClN2O3. The maximum absolute atomic E-state index is 12.9. The first-order valence-electron chi connectivity index (χ1n) is 8.40. The maximum atomic E-state index is 12.9. The van der Waals surface area contributed by atoms with Crippen LogP contribution in [0.2, 0.25) is 0 Å². The molecule has 24 heavy (non-hydrogen) atoms. The Morgan fingerprint density at radius 3 is 2.92 bits per heavy atom. The summed E-state index contributed by atoms with van der Waals surface area (Å²) in [6.45, 7) is 2.24. The van der Waals surface area contributed by atoms with E-state index in [1.165, 1.54) is 6.42 Å². The number of amides is 1. The van der Waals surface area contributed by atoms with Crippen molar-refractivity contribution in [1.29, 1.82) is 0 Å². The van der Waals surface area contributed by atoms with Gasteiger partial charge in [-0.3, -0.25) is 4.79 Å². The lowest BCUT2D eigenvalue weighted by molar-refractivity contribution is -0.134. The summed E-state index contributed by atoms with van der Waals surface area (Å²) in [5, 5.41) is 6.56. The molecule has 3 rings (SSSR count). The van der Waals surface area contributed by atoms with E-state index in [0.717, 1.165) is 37.9 Å². The van der Waals surface area contributed by atoms with Crippen LogP contribution >= 0.6 is 12.4 Å². The third kappa shape index (κ3) is 3.33. The van der Waals surface area contributed by atoms with Crippen LogP contribution in [0.25, 0.3) is 0 Å². The summed E-state index contributed by atoms with van der Waals surface area (Å²) in [4.78, 5) is 12.9. The second-order valence-electron chi connectivity index (χ2n) is 6.57. The molecule has 6 heteroatoms. The van der Waals surface area contributed by atoms with E-state index >= 15 is 0 Å². The molecule has 0 spiro atoms. The Kier molecular flexibility index (Phi) is 6.35. The summed E-state index contributed by atoms with van der Waals surface area (Å²) in [5.74, 6) is 2.04. The number of carbonyl (C=O) groups excluding carboxylic acids is 1. The molecule has 1 saturated carbocycles. The molecular weight excluding hydrogens is 328 g/mol. The highest BCUT2D eigenvalue weighted by atomic mass is 35.5. The van der Waals surface area contributed by atoms with Gasteiger partial charge in [-0.25, -0.2) is 0 Å². The van der Waals surface area contributed by atoms with Crippen LogP contribution in [0.1, 0.15) is 31.2 Å². The number of fused-ring (bicyclic) bond motifs is 1. The first-order chi connectivity index (χ1) is 11.2. The van der Waals surface area contributed by atoms with Crippen molar-refractivity contribution in [3.63, 3.8) is 0 Å². The molecule has 1 aromatic carbocycles. The third-order valence-electron chi connectivity index (χ3n) is 5.41. The minimum Gasteiger partial charge on any atom is -0.493 e. The monoisotopic (exact) mass is 354 g/mol. The van der Waals surface area contributed by atoms with Crippen molar-refractivity contribution in [3.8, 4) is 11.5 Å². The van der Waals surface area contributed by atoms with Crippen LogP contribution < -0.4 is 20.1 Å². The number of hydrogen-bond acceptors (Lipinski definition) is 4. The summed E-state index contributed by atoms with van der Waals surface area (Å²) >= 11 is 0. The van der Waals surface area contributed by atoms with Crippen LogP contribution in [-0.2, 0) is 11.3 Å². The van der Waals surface area contributed by atoms with Gasteiger partial charge >= 0.3 is 0 Å². The van der Waals surface area contributed by atoms with Gasteiger partial charge in [0.15, 0.2) is 11.5 Å². The highest BCUT2D eigenvalue weighted by Gasteiger charge is 2.49. The van der Waals surface area contributed by atoms with E-state index in [9.17, 15) is 4.79 Å². The zero-order valence-corrected chi connectivity index (χ0v) is 15.2. The second kappa shape index (κ2) is 8.08. The van der Waals surface area contributed by atoms with E-state index in [2.05, 4.69) is 10.6 Å². The number of benzene rings is 1. The second-order valence-corrected chi connectivity index (χ2v) is 6.57. The minimum absolute atomic E-state index is 0. The van der Waals surface area contributed by atoms with Crippen molar-refractivity contribution in [2.24, 2.45) is 11.3 Å². The maximum Gasteiger partial charge on any atom is 0.228 e. The average Bonchev–Trinajstić information content (AvgIpc) is 3.04. The molecule has 0 bridgehead atoms. The van der Waals surface area contributed by atoms with Gasteiger partial charge in [0, 0.05) is 18.7 Å². The van der Waals surface area contributed by atoms with Crippen molar-refractivity contribution >= 4 is 18.3 Å². The highest BCUT2D eigenvalue weighted by Crippen LogP contribution is 2.44. The van der Waals surface area contributed by atoms with Gasteiger partial charge in [-0.15, -0.1) is 12.4 Å². The number of halogens is 1. The van der Waals surface area contributed by atoms with Gasteiger partial charge in [-0.05, 0) is 31.4 Å². The topological polar surface area (TPSA) is 59.6 Å². The Morgan fingerprint density at radius 1 is 1.33 bits per heavy atom. The molecule has 0 aromatic heterocycles. The predicted octanol–water partition coefficient (Wildman–Crippen LogP) is 2.52. The standard InChI is InChI=1S/C18H26N2O3.ClH/c1-22-15-8-5-6-13(16(15)23-2)10-20-17(21)18-9-4-3-7-14(18)11-19-12-18;/h5-6,8,14,19H,3-4,7,9-12H2,1-2H3,(H,20,21);1H/t14-,18+;/m0./s1. The fourth-order valence-corrected chi connectivity index (χ4v) is 4.13. The normalized spacial score (nSPS) is 25.3. The Balaban J connectivity index is 0.00000208. The van der Waals surface area contributed by atoms with E-state index < -0.39 is 0 Å². The van der Waals surface area contributed by atoms with Crippen LogP contribution in [0.5, 0.6) is 11.5 Å². The first-order valence-corrected chi connectivity index (χ1v) is 8.40. The number of methoxy groups -OCH3 is 2. The number of nitrogens with one attached hydrogen (secondary N) is 2. The van der Waals surface area contributed by atoms with Gasteiger partial charge in [0.25, 0.3) is 0 Å². The highest BCUT2D eigenvalue weighted by molar-refractivity contribution is 5.85. The van der Waals surface area contributed by atoms with Crippen molar-refractivity contribution in [1.82, 2.24) is 10.6 Å². The molecule has 2 N–H and O–H groups in total. The molecule has 1 heterocycles. The molecule has 0 unspecified atom stereocenters. The lowest BCUT2D eigenvalue weighted by atomic mass is 9.67. The summed E-state index contributed by atoms with van der Waals surface area (Å²) in [5.41, 5.74) is 0.722. The molecule has 1 aliphatic carbocycles. The largest absolute Gasteiger partial charge is 0.493 e. The number of ether oxygens (including phenoxy) is 2. The Labute approximate surface area is 149 Å². The van der Waals surface area contributed by atoms with Gasteiger partial charge < -0.3 is 20.1 Å². The van der Waals surface area contributed by atoms with Crippen molar-refractivity contribution < 1.29 is 14.3 Å². The van der Waals surface area contributed by atoms with Gasteiger partial charge in [0.05, 0.1) is 19.6 Å². The van der Waals surface area contributed by atoms with E-state index in [1.807, 2.05) is 18.2 Å². The van der Waals surface area contributed by atoms with Crippen molar-refractivity contribution in [3.05, 3.63) is 23.8 Å². The van der Waals surface area contributed by atoms with Gasteiger partial charge in [0.2, 0.25) is 5.91 Å². The number of carbonyl (C=O) groups is 1. The lowest BCUT2D eigenvalue weighted by Gasteiger charge is -2.37. The summed E-state index contributed by atoms with van der Waals surface area (Å²) in [7, 11) is 3.25. The minimum atomic E-state index is -0.218. The molecule has 134 valence electrons. The number of rotatable bonds is 5. The molecule has 1 amide bonds. The van der Waals surface area contributed by atoms with Crippen LogP contribution in [0.15, 0.2) is 18.2 Å². The Bertz CT molecular complexity index is 581. The molecule has 1 aliphatic heterocycles. The van der Waals surface area contributed by atoms with Gasteiger partial charge in [-0.2, -0.15) is 0 Å². The average molecular weight is 355 g/mol. The van der Waals surface area contributed by atoms with E-state index in [0.29, 0.717) is 24.0 Å². The SMILES string of the molecule is COc1cccc(CNC(=O)[C@@]23CCCC[C@H]2CNC3)c1OC.Cl. The van der Waals surface area contributed by atoms with E-state index in [-0.39, 0.29) is 23.7 Å². The van der Waals surface area contributed by atoms with Crippen molar-refractivity contribution in [2.45, 2.75) is 32.2 Å². The summed E-state index contributed by atoms with van der Waals surface area (Å²) < 4.78 is 10.8. The number of para-hydroxylation sites is 1. The zero-order chi connectivity index (χ0) is 16.3. The summed E-state index contributed by atoms with van der Waals surface area (Å²) in [6, 6.07) is 5.74. The van der Waals surface area contributed by atoms with Crippen LogP contribution in [0.4, 0.5) is 0 Å². The van der Waals surface area contributed by atoms with Crippen molar-refractivity contribution in [2.75, 3.05) is 27.3 Å². The third-order valence-corrected chi connectivity index (χ3v) is 5.41. The first kappa shape index (κ1) is 18.9. The quantitative estimate of drug-likeness (QED) is 0.853. The Morgan fingerprint density at radius 2 is 2.17 bits per heavy atom. The molecule has 0 radical (unpaired) electrons. The molecule has 5 nitrogen and oxygen atoms in total. The fraction of sp³-hybridized carbons (Fsp3) is 0.611. The number of hydrogen-bond donors (Lipinski definition) is 2. The van der Waals surface area contributed by atoms with E-state index in [4.69, 9.17) is 9.47 Å². The molecule has 1 saturated heterocycles. The summed E-state index contributed by atoms with van der Waals surface area (Å²) in [6.07, 6.45) is 4.54. The predicted molar refractivity (Wildman–Crippen MR) is 95.9 cm³/mol. The van der Waals surface area contributed by atoms with Gasteiger partial charge in [0.1, 0.15) is 0 Å². The fourth-order valence-electron chi connectivity index (χ4n) is 4.13. The Hall–Kier alpha value is -1.46.